The molecule has 8 nitrogen and oxygen atoms in total. The van der Waals surface area contributed by atoms with Crippen LogP contribution in [0.25, 0.3) is 11.4 Å². The third-order valence-corrected chi connectivity index (χ3v) is 6.26. The normalized spacial score (nSPS) is 13.3. The first-order valence-electron chi connectivity index (χ1n) is 9.28. The van der Waals surface area contributed by atoms with Crippen molar-refractivity contribution in [3.05, 3.63) is 35.2 Å². The first kappa shape index (κ1) is 23.5. The fraction of sp³-hybridized carbons (Fsp3) is 0.526. The Balaban J connectivity index is 2.33. The van der Waals surface area contributed by atoms with Crippen LogP contribution in [-0.4, -0.2) is 40.6 Å². The maximum absolute atomic E-state index is 13.3. The molecule has 0 fully saturated rings. The second-order valence-electron chi connectivity index (χ2n) is 7.15. The standard InChI is InChI=1S/C19H26ClN2O6P/c1-6-25-29(24,26-7-2)15(18(23)27-19(3,4)5)12-16-21-17(22-28-16)13-8-10-14(20)11-9-13/h8-11,15H,6-7,12H2,1-5H3. The fourth-order valence-corrected chi connectivity index (χ4v) is 4.46. The van der Waals surface area contributed by atoms with E-state index < -0.39 is 24.8 Å². The summed E-state index contributed by atoms with van der Waals surface area (Å²) in [5.41, 5.74) is -1.32. The number of rotatable bonds is 9. The van der Waals surface area contributed by atoms with Crippen molar-refractivity contribution < 1.29 is 27.7 Å². The van der Waals surface area contributed by atoms with Gasteiger partial charge in [-0.15, -0.1) is 0 Å². The lowest BCUT2D eigenvalue weighted by atomic mass is 10.2. The van der Waals surface area contributed by atoms with Crippen LogP contribution >= 0.6 is 19.2 Å². The van der Waals surface area contributed by atoms with Crippen LogP contribution in [-0.2, 0) is 29.6 Å². The third kappa shape index (κ3) is 6.64. The molecule has 0 bridgehead atoms. The molecule has 1 unspecified atom stereocenters. The minimum Gasteiger partial charge on any atom is -0.459 e. The van der Waals surface area contributed by atoms with Crippen molar-refractivity contribution in [2.45, 2.75) is 52.3 Å². The van der Waals surface area contributed by atoms with Crippen LogP contribution in [0, 0.1) is 0 Å². The summed E-state index contributed by atoms with van der Waals surface area (Å²) in [5, 5.41) is 4.50. The van der Waals surface area contributed by atoms with Gasteiger partial charge in [0, 0.05) is 10.6 Å². The predicted octanol–water partition coefficient (Wildman–Crippen LogP) is 4.91. The molecule has 0 N–H and O–H groups in total. The molecule has 2 rings (SSSR count). The van der Waals surface area contributed by atoms with Crippen LogP contribution in [0.4, 0.5) is 0 Å². The minimum atomic E-state index is -3.83. The van der Waals surface area contributed by atoms with Crippen LogP contribution in [0.2, 0.25) is 5.02 Å². The molecular formula is C19H26ClN2O6P. The molecule has 1 aromatic carbocycles. The Morgan fingerprint density at radius 3 is 2.28 bits per heavy atom. The van der Waals surface area contributed by atoms with Gasteiger partial charge in [0.05, 0.1) is 19.6 Å². The molecule has 1 atom stereocenters. The lowest BCUT2D eigenvalue weighted by molar-refractivity contribution is -0.154. The van der Waals surface area contributed by atoms with Gasteiger partial charge in [-0.2, -0.15) is 4.98 Å². The lowest BCUT2D eigenvalue weighted by Gasteiger charge is -2.27. The molecule has 1 aromatic heterocycles. The van der Waals surface area contributed by atoms with E-state index in [9.17, 15) is 9.36 Å². The van der Waals surface area contributed by atoms with Gasteiger partial charge >= 0.3 is 13.6 Å². The van der Waals surface area contributed by atoms with Crippen molar-refractivity contribution in [3.8, 4) is 11.4 Å². The third-order valence-electron chi connectivity index (χ3n) is 3.62. The quantitative estimate of drug-likeness (QED) is 0.397. The Labute approximate surface area is 175 Å². The van der Waals surface area contributed by atoms with Gasteiger partial charge in [0.2, 0.25) is 11.7 Å². The number of carbonyl (C=O) groups is 1. The van der Waals surface area contributed by atoms with Gasteiger partial charge in [-0.25, -0.2) is 0 Å². The van der Waals surface area contributed by atoms with Gasteiger partial charge < -0.3 is 18.3 Å². The number of benzene rings is 1. The van der Waals surface area contributed by atoms with Crippen LogP contribution in [0.15, 0.2) is 28.8 Å². The summed E-state index contributed by atoms with van der Waals surface area (Å²) < 4.78 is 34.8. The van der Waals surface area contributed by atoms with E-state index in [0.717, 1.165) is 0 Å². The number of hydrogen-bond donors (Lipinski definition) is 0. The maximum atomic E-state index is 13.3. The van der Waals surface area contributed by atoms with Crippen molar-refractivity contribution in [1.82, 2.24) is 10.1 Å². The number of aromatic nitrogens is 2. The Bertz CT molecular complexity index is 852. The zero-order valence-corrected chi connectivity index (χ0v) is 18.8. The van der Waals surface area contributed by atoms with Crippen molar-refractivity contribution >= 4 is 25.2 Å². The molecule has 0 amide bonds. The number of carbonyl (C=O) groups excluding carboxylic acids is 1. The highest BCUT2D eigenvalue weighted by Crippen LogP contribution is 2.54. The van der Waals surface area contributed by atoms with E-state index in [1.54, 1.807) is 58.9 Å². The number of hydrogen-bond acceptors (Lipinski definition) is 8. The zero-order valence-electron chi connectivity index (χ0n) is 17.2. The van der Waals surface area contributed by atoms with Crippen molar-refractivity contribution in [2.75, 3.05) is 13.2 Å². The Hall–Kier alpha value is -1.73. The predicted molar refractivity (Wildman–Crippen MR) is 109 cm³/mol. The maximum Gasteiger partial charge on any atom is 0.345 e. The Morgan fingerprint density at radius 1 is 1.17 bits per heavy atom. The summed E-state index contributed by atoms with van der Waals surface area (Å²) in [4.78, 5) is 17.1. The molecule has 0 saturated carbocycles. The minimum absolute atomic E-state index is 0.108. The van der Waals surface area contributed by atoms with Gasteiger partial charge in [0.15, 0.2) is 5.66 Å². The molecule has 160 valence electrons. The highest BCUT2D eigenvalue weighted by Gasteiger charge is 2.44. The number of ether oxygens (including phenoxy) is 1. The molecular weight excluding hydrogens is 419 g/mol. The molecule has 1 heterocycles. The molecule has 0 radical (unpaired) electrons. The number of esters is 1. The van der Waals surface area contributed by atoms with Gasteiger partial charge in [-0.1, -0.05) is 16.8 Å². The van der Waals surface area contributed by atoms with Crippen molar-refractivity contribution in [3.63, 3.8) is 0 Å². The van der Waals surface area contributed by atoms with Crippen molar-refractivity contribution in [2.24, 2.45) is 0 Å². The van der Waals surface area contributed by atoms with E-state index in [0.29, 0.717) is 16.4 Å². The average Bonchev–Trinajstić information content (AvgIpc) is 3.08. The van der Waals surface area contributed by atoms with Gasteiger partial charge in [-0.3, -0.25) is 9.36 Å². The van der Waals surface area contributed by atoms with E-state index in [4.69, 9.17) is 29.9 Å². The van der Waals surface area contributed by atoms with Crippen LogP contribution in [0.3, 0.4) is 0 Å². The molecule has 0 aliphatic rings. The molecule has 0 spiro atoms. The van der Waals surface area contributed by atoms with Crippen LogP contribution in [0.5, 0.6) is 0 Å². The highest BCUT2D eigenvalue weighted by atomic mass is 35.5. The van der Waals surface area contributed by atoms with E-state index >= 15 is 0 Å². The SMILES string of the molecule is CCOP(=O)(OCC)C(Cc1nc(-c2ccc(Cl)cc2)no1)C(=O)OC(C)(C)C. The van der Waals surface area contributed by atoms with Crippen LogP contribution in [0.1, 0.15) is 40.5 Å². The first-order valence-corrected chi connectivity index (χ1v) is 11.3. The molecule has 0 saturated heterocycles. The smallest absolute Gasteiger partial charge is 0.345 e. The van der Waals surface area contributed by atoms with E-state index in [1.165, 1.54) is 0 Å². The zero-order chi connectivity index (χ0) is 21.7. The van der Waals surface area contributed by atoms with Crippen LogP contribution < -0.4 is 0 Å². The van der Waals surface area contributed by atoms with E-state index in [-0.39, 0.29) is 25.5 Å². The summed E-state index contributed by atoms with van der Waals surface area (Å²) in [7, 11) is -3.83. The molecule has 2 aromatic rings. The molecule has 10 heteroatoms. The Kier molecular flexibility index (Phi) is 8.00. The number of nitrogens with zero attached hydrogens (tertiary/aromatic N) is 2. The van der Waals surface area contributed by atoms with Gasteiger partial charge in [0.1, 0.15) is 5.60 Å². The topological polar surface area (TPSA) is 101 Å². The first-order chi connectivity index (χ1) is 13.6. The highest BCUT2D eigenvalue weighted by molar-refractivity contribution is 7.55. The van der Waals surface area contributed by atoms with E-state index in [2.05, 4.69) is 10.1 Å². The average molecular weight is 445 g/mol. The largest absolute Gasteiger partial charge is 0.459 e. The number of halogens is 1. The molecule has 0 aliphatic carbocycles. The van der Waals surface area contributed by atoms with Gasteiger partial charge in [0.25, 0.3) is 0 Å². The summed E-state index contributed by atoms with van der Waals surface area (Å²) >= 11 is 5.90. The van der Waals surface area contributed by atoms with E-state index in [1.807, 2.05) is 0 Å². The molecule has 29 heavy (non-hydrogen) atoms. The Morgan fingerprint density at radius 2 is 1.76 bits per heavy atom. The second kappa shape index (κ2) is 9.85. The summed E-state index contributed by atoms with van der Waals surface area (Å²) in [6, 6.07) is 6.89. The van der Waals surface area contributed by atoms with Crippen molar-refractivity contribution in [1.29, 1.82) is 0 Å². The fourth-order valence-electron chi connectivity index (χ4n) is 2.49. The molecule has 0 aliphatic heterocycles. The lowest BCUT2D eigenvalue weighted by Crippen LogP contribution is -2.34. The summed E-state index contributed by atoms with van der Waals surface area (Å²) in [6.45, 7) is 8.72. The second-order valence-corrected chi connectivity index (χ2v) is 9.80. The monoisotopic (exact) mass is 444 g/mol. The summed E-state index contributed by atoms with van der Waals surface area (Å²) in [6.07, 6.45) is -0.146. The summed E-state index contributed by atoms with van der Waals surface area (Å²) in [5.74, 6) is -0.276. The van der Waals surface area contributed by atoms with Gasteiger partial charge in [-0.05, 0) is 58.9 Å².